The van der Waals surface area contributed by atoms with Gasteiger partial charge in [-0.2, -0.15) is 4.31 Å². The number of nitrogens with one attached hydrogen (secondary N) is 1. The summed E-state index contributed by atoms with van der Waals surface area (Å²) in [5.41, 5.74) is 0.809. The van der Waals surface area contributed by atoms with Crippen LogP contribution in [0.25, 0.3) is 0 Å². The van der Waals surface area contributed by atoms with Crippen LogP contribution >= 0.6 is 11.6 Å². The Morgan fingerprint density at radius 2 is 1.79 bits per heavy atom. The summed E-state index contributed by atoms with van der Waals surface area (Å²) >= 11 is 6.01. The highest BCUT2D eigenvalue weighted by Gasteiger charge is 2.28. The standard InChI is InChI=1S/C27H34ClN3O7S/c1-20(27(33)29-17-24-3-2-14-37-24)31(18-21-4-6-22(28)7-5-21)26(32)19-38-23-8-10-25(11-9-23)39(34,35)30-12-15-36-16-13-30/h4-11,20,24H,2-3,12-19H2,1H3,(H,29,33)/t20-,24-/m1/s1. The van der Waals surface area contributed by atoms with E-state index in [-0.39, 0.29) is 30.1 Å². The summed E-state index contributed by atoms with van der Waals surface area (Å²) < 4.78 is 43.6. The van der Waals surface area contributed by atoms with Crippen molar-refractivity contribution in [3.8, 4) is 5.75 Å². The first-order valence-electron chi connectivity index (χ1n) is 13.0. The number of carbonyl (C=O) groups excluding carboxylic acids is 2. The van der Waals surface area contributed by atoms with Gasteiger partial charge in [0, 0.05) is 37.8 Å². The van der Waals surface area contributed by atoms with E-state index >= 15 is 0 Å². The minimum Gasteiger partial charge on any atom is -0.484 e. The van der Waals surface area contributed by atoms with E-state index in [2.05, 4.69) is 5.32 Å². The molecule has 0 bridgehead atoms. The average molecular weight is 580 g/mol. The van der Waals surface area contributed by atoms with Gasteiger partial charge in [-0.1, -0.05) is 23.7 Å². The van der Waals surface area contributed by atoms with Crippen molar-refractivity contribution in [2.45, 2.75) is 43.4 Å². The van der Waals surface area contributed by atoms with E-state index in [1.807, 2.05) is 0 Å². The summed E-state index contributed by atoms with van der Waals surface area (Å²) in [6.45, 7) is 3.94. The van der Waals surface area contributed by atoms with Gasteiger partial charge in [0.05, 0.1) is 24.2 Å². The molecule has 2 atom stereocenters. The first kappa shape index (κ1) is 29.3. The SMILES string of the molecule is C[C@H](C(=O)NC[C@H]1CCCO1)N(Cc1ccc(Cl)cc1)C(=O)COc1ccc(S(=O)(=O)N2CCOCC2)cc1. The van der Waals surface area contributed by atoms with Crippen molar-refractivity contribution in [2.24, 2.45) is 0 Å². The molecule has 4 rings (SSSR count). The van der Waals surface area contributed by atoms with Crippen LogP contribution in [-0.4, -0.2) is 87.6 Å². The molecule has 0 radical (unpaired) electrons. The summed E-state index contributed by atoms with van der Waals surface area (Å²) in [6.07, 6.45) is 1.84. The fourth-order valence-corrected chi connectivity index (χ4v) is 5.94. The van der Waals surface area contributed by atoms with E-state index in [0.717, 1.165) is 18.4 Å². The molecule has 2 aliphatic rings. The first-order chi connectivity index (χ1) is 18.7. The van der Waals surface area contributed by atoms with Gasteiger partial charge < -0.3 is 24.4 Å². The van der Waals surface area contributed by atoms with Gasteiger partial charge in [0.2, 0.25) is 15.9 Å². The van der Waals surface area contributed by atoms with Gasteiger partial charge in [0.1, 0.15) is 11.8 Å². The van der Waals surface area contributed by atoms with Gasteiger partial charge in [-0.25, -0.2) is 8.42 Å². The Bertz CT molecular complexity index is 1210. The maximum atomic E-state index is 13.3. The Balaban J connectivity index is 1.40. The normalized spacial score (nSPS) is 18.9. The number of sulfonamides is 1. The van der Waals surface area contributed by atoms with E-state index in [1.165, 1.54) is 33.5 Å². The minimum absolute atomic E-state index is 0.0140. The fourth-order valence-electron chi connectivity index (χ4n) is 4.41. The monoisotopic (exact) mass is 579 g/mol. The molecule has 2 aliphatic heterocycles. The van der Waals surface area contributed by atoms with Crippen molar-refractivity contribution in [3.63, 3.8) is 0 Å². The van der Waals surface area contributed by atoms with Crippen molar-refractivity contribution in [1.29, 1.82) is 0 Å². The van der Waals surface area contributed by atoms with Crippen LogP contribution < -0.4 is 10.1 Å². The summed E-state index contributed by atoms with van der Waals surface area (Å²) in [5, 5.41) is 3.46. The molecular weight excluding hydrogens is 546 g/mol. The number of ether oxygens (including phenoxy) is 3. The van der Waals surface area contributed by atoms with Crippen molar-refractivity contribution in [3.05, 3.63) is 59.1 Å². The van der Waals surface area contributed by atoms with E-state index in [9.17, 15) is 18.0 Å². The van der Waals surface area contributed by atoms with Crippen molar-refractivity contribution >= 4 is 33.4 Å². The van der Waals surface area contributed by atoms with Crippen LogP contribution in [-0.2, 0) is 35.6 Å². The maximum Gasteiger partial charge on any atom is 0.261 e. The lowest BCUT2D eigenvalue weighted by Crippen LogP contribution is -2.50. The highest BCUT2D eigenvalue weighted by Crippen LogP contribution is 2.21. The van der Waals surface area contributed by atoms with E-state index in [1.54, 1.807) is 31.2 Å². The van der Waals surface area contributed by atoms with E-state index in [4.69, 9.17) is 25.8 Å². The van der Waals surface area contributed by atoms with Gasteiger partial charge in [0.25, 0.3) is 5.91 Å². The first-order valence-corrected chi connectivity index (χ1v) is 14.8. The Morgan fingerprint density at radius 3 is 2.44 bits per heavy atom. The van der Waals surface area contributed by atoms with Crippen LogP contribution in [0.15, 0.2) is 53.4 Å². The molecular formula is C27H34ClN3O7S. The minimum atomic E-state index is -3.63. The summed E-state index contributed by atoms with van der Waals surface area (Å²) in [5.74, 6) is -0.341. The van der Waals surface area contributed by atoms with Crippen LogP contribution in [0.2, 0.25) is 5.02 Å². The van der Waals surface area contributed by atoms with Crippen molar-refractivity contribution < 1.29 is 32.2 Å². The molecule has 2 heterocycles. The third-order valence-electron chi connectivity index (χ3n) is 6.76. The molecule has 0 aromatic heterocycles. The molecule has 2 aromatic rings. The Morgan fingerprint density at radius 1 is 1.10 bits per heavy atom. The Hall–Kier alpha value is -2.70. The molecule has 0 saturated carbocycles. The van der Waals surface area contributed by atoms with Gasteiger partial charge in [0.15, 0.2) is 6.61 Å². The number of carbonyl (C=O) groups is 2. The quantitative estimate of drug-likeness (QED) is 0.435. The van der Waals surface area contributed by atoms with Gasteiger partial charge in [-0.15, -0.1) is 0 Å². The third kappa shape index (κ3) is 7.92. The second-order valence-corrected chi connectivity index (χ2v) is 11.9. The lowest BCUT2D eigenvalue weighted by molar-refractivity contribution is -0.142. The van der Waals surface area contributed by atoms with Gasteiger partial charge in [-0.3, -0.25) is 9.59 Å². The number of morpholine rings is 1. The average Bonchev–Trinajstić information content (AvgIpc) is 3.48. The second-order valence-electron chi connectivity index (χ2n) is 9.48. The molecule has 10 nitrogen and oxygen atoms in total. The largest absolute Gasteiger partial charge is 0.484 e. The Kier molecular flexibility index (Phi) is 10.2. The topological polar surface area (TPSA) is 114 Å². The Labute approximate surface area is 234 Å². The zero-order valence-corrected chi connectivity index (χ0v) is 23.5. The van der Waals surface area contributed by atoms with E-state index < -0.39 is 22.0 Å². The number of benzene rings is 2. The molecule has 1 N–H and O–H groups in total. The maximum absolute atomic E-state index is 13.3. The predicted molar refractivity (Wildman–Crippen MR) is 145 cm³/mol. The van der Waals surface area contributed by atoms with Crippen LogP contribution in [0.1, 0.15) is 25.3 Å². The molecule has 212 valence electrons. The molecule has 12 heteroatoms. The number of nitrogens with zero attached hydrogens (tertiary/aromatic N) is 2. The smallest absolute Gasteiger partial charge is 0.261 e. The number of amides is 2. The summed E-state index contributed by atoms with van der Waals surface area (Å²) in [7, 11) is -3.63. The number of hydrogen-bond acceptors (Lipinski definition) is 7. The highest BCUT2D eigenvalue weighted by atomic mass is 35.5. The zero-order chi connectivity index (χ0) is 27.8. The number of rotatable bonds is 11. The van der Waals surface area contributed by atoms with Crippen molar-refractivity contribution in [2.75, 3.05) is 46.1 Å². The number of hydrogen-bond donors (Lipinski definition) is 1. The lowest BCUT2D eigenvalue weighted by atomic mass is 10.1. The van der Waals surface area contributed by atoms with Crippen LogP contribution in [0.4, 0.5) is 0 Å². The second kappa shape index (κ2) is 13.6. The molecule has 2 saturated heterocycles. The molecule has 2 aromatic carbocycles. The highest BCUT2D eigenvalue weighted by molar-refractivity contribution is 7.89. The molecule has 2 fully saturated rings. The number of halogens is 1. The fraction of sp³-hybridized carbons (Fsp3) is 0.481. The zero-order valence-electron chi connectivity index (χ0n) is 21.9. The third-order valence-corrected chi connectivity index (χ3v) is 8.92. The van der Waals surface area contributed by atoms with Gasteiger partial charge >= 0.3 is 0 Å². The summed E-state index contributed by atoms with van der Waals surface area (Å²) in [4.78, 5) is 27.8. The van der Waals surface area contributed by atoms with Crippen molar-refractivity contribution in [1.82, 2.24) is 14.5 Å². The summed E-state index contributed by atoms with van der Waals surface area (Å²) in [6, 6.07) is 12.2. The molecule has 0 aliphatic carbocycles. The van der Waals surface area contributed by atoms with Crippen LogP contribution in [0, 0.1) is 0 Å². The lowest BCUT2D eigenvalue weighted by Gasteiger charge is -2.29. The van der Waals surface area contributed by atoms with E-state index in [0.29, 0.717) is 50.2 Å². The predicted octanol–water partition coefficient (Wildman–Crippen LogP) is 2.45. The van der Waals surface area contributed by atoms with Crippen LogP contribution in [0.3, 0.4) is 0 Å². The molecule has 2 amide bonds. The molecule has 0 unspecified atom stereocenters. The van der Waals surface area contributed by atoms with Crippen LogP contribution in [0.5, 0.6) is 5.75 Å². The molecule has 0 spiro atoms. The molecule has 39 heavy (non-hydrogen) atoms. The van der Waals surface area contributed by atoms with Gasteiger partial charge in [-0.05, 0) is 61.7 Å².